The molecule has 0 aliphatic carbocycles. The first-order valence-electron chi connectivity index (χ1n) is 9.14. The summed E-state index contributed by atoms with van der Waals surface area (Å²) < 4.78 is 10.6. The number of hydrogen-bond donors (Lipinski definition) is 1. The van der Waals surface area contributed by atoms with E-state index in [1.807, 2.05) is 35.3 Å². The number of amides is 1. The molecular formula is C22H24N2O4. The Balaban J connectivity index is 1.96. The number of rotatable bonds is 6. The molecule has 0 radical (unpaired) electrons. The summed E-state index contributed by atoms with van der Waals surface area (Å²) in [4.78, 5) is 23.2. The van der Waals surface area contributed by atoms with Crippen LogP contribution in [0.4, 0.5) is 0 Å². The second kappa shape index (κ2) is 8.71. The zero-order valence-corrected chi connectivity index (χ0v) is 16.1. The number of hydrazine groups is 1. The third-order valence-corrected chi connectivity index (χ3v) is 4.85. The average Bonchev–Trinajstić information content (AvgIpc) is 3.11. The molecule has 0 spiro atoms. The smallest absolute Gasteiger partial charge is 0.308 e. The normalized spacial score (nSPS) is 19.1. The summed E-state index contributed by atoms with van der Waals surface area (Å²) in [5, 5.41) is 1.95. The predicted molar refractivity (Wildman–Crippen MR) is 106 cm³/mol. The van der Waals surface area contributed by atoms with Gasteiger partial charge >= 0.3 is 5.97 Å². The summed E-state index contributed by atoms with van der Waals surface area (Å²) in [6.07, 6.45) is 2.12. The van der Waals surface area contributed by atoms with Crippen LogP contribution in [0.25, 0.3) is 0 Å². The monoisotopic (exact) mass is 380 g/mol. The maximum absolute atomic E-state index is 11.9. The molecule has 146 valence electrons. The van der Waals surface area contributed by atoms with Crippen LogP contribution >= 0.6 is 0 Å². The lowest BCUT2D eigenvalue weighted by atomic mass is 9.87. The number of hydrogen-bond acceptors (Lipinski definition) is 5. The SMILES string of the molecule is C=CC(=O)NN1CC[C@H](c2ccc(OC(C)=O)c(OC)c2)[C@@H]1c1ccccc1. The van der Waals surface area contributed by atoms with Gasteiger partial charge in [-0.05, 0) is 35.8 Å². The molecule has 6 heteroatoms. The molecule has 1 fully saturated rings. The molecule has 28 heavy (non-hydrogen) atoms. The number of nitrogens with one attached hydrogen (secondary N) is 1. The fourth-order valence-electron chi connectivity index (χ4n) is 3.67. The third-order valence-electron chi connectivity index (χ3n) is 4.85. The van der Waals surface area contributed by atoms with Crippen molar-refractivity contribution in [3.63, 3.8) is 0 Å². The van der Waals surface area contributed by atoms with Gasteiger partial charge in [0.05, 0.1) is 13.2 Å². The van der Waals surface area contributed by atoms with Crippen molar-refractivity contribution >= 4 is 11.9 Å². The maximum atomic E-state index is 11.9. The van der Waals surface area contributed by atoms with Crippen molar-refractivity contribution in [2.45, 2.75) is 25.3 Å². The Hall–Kier alpha value is -3.12. The van der Waals surface area contributed by atoms with Crippen molar-refractivity contribution in [3.8, 4) is 11.5 Å². The van der Waals surface area contributed by atoms with Crippen molar-refractivity contribution < 1.29 is 19.1 Å². The lowest BCUT2D eigenvalue weighted by Gasteiger charge is -2.29. The van der Waals surface area contributed by atoms with Crippen LogP contribution < -0.4 is 14.9 Å². The van der Waals surface area contributed by atoms with Crippen molar-refractivity contribution in [3.05, 3.63) is 72.3 Å². The van der Waals surface area contributed by atoms with Crippen LogP contribution in [0.5, 0.6) is 11.5 Å². The minimum absolute atomic E-state index is 0.0330. The van der Waals surface area contributed by atoms with E-state index in [1.165, 1.54) is 13.0 Å². The molecule has 1 heterocycles. The molecule has 2 aromatic rings. The first-order valence-corrected chi connectivity index (χ1v) is 9.14. The highest BCUT2D eigenvalue weighted by atomic mass is 16.6. The quantitative estimate of drug-likeness (QED) is 0.473. The summed E-state index contributed by atoms with van der Waals surface area (Å²) in [5.74, 6) is 0.405. The fraction of sp³-hybridized carbons (Fsp3) is 0.273. The van der Waals surface area contributed by atoms with E-state index >= 15 is 0 Å². The van der Waals surface area contributed by atoms with Gasteiger partial charge in [-0.1, -0.05) is 43.0 Å². The summed E-state index contributed by atoms with van der Waals surface area (Å²) in [6, 6.07) is 15.6. The van der Waals surface area contributed by atoms with E-state index in [4.69, 9.17) is 9.47 Å². The summed E-state index contributed by atoms with van der Waals surface area (Å²) in [7, 11) is 1.55. The van der Waals surface area contributed by atoms with E-state index in [2.05, 4.69) is 24.1 Å². The lowest BCUT2D eigenvalue weighted by Crippen LogP contribution is -2.41. The molecule has 0 unspecified atom stereocenters. The molecule has 2 atom stereocenters. The van der Waals surface area contributed by atoms with E-state index in [1.54, 1.807) is 13.2 Å². The number of carbonyl (C=O) groups excluding carboxylic acids is 2. The van der Waals surface area contributed by atoms with Gasteiger partial charge in [0.2, 0.25) is 0 Å². The Morgan fingerprint density at radius 3 is 2.54 bits per heavy atom. The minimum atomic E-state index is -0.396. The van der Waals surface area contributed by atoms with Crippen LogP contribution in [-0.2, 0) is 9.59 Å². The standard InChI is InChI=1S/C22H24N2O4/c1-4-21(26)23-24-13-12-18(22(24)16-8-6-5-7-9-16)17-10-11-19(28-15(2)25)20(14-17)27-3/h4-11,14,18,22H,1,12-13H2,2-3H3,(H,23,26)/t18-,22+/m1/s1. The van der Waals surface area contributed by atoms with Crippen molar-refractivity contribution in [2.75, 3.05) is 13.7 Å². The molecule has 1 N–H and O–H groups in total. The number of esters is 1. The molecule has 0 bridgehead atoms. The van der Waals surface area contributed by atoms with Gasteiger partial charge in [0.15, 0.2) is 11.5 Å². The van der Waals surface area contributed by atoms with Crippen LogP contribution in [0.15, 0.2) is 61.2 Å². The Labute approximate surface area is 164 Å². The van der Waals surface area contributed by atoms with Gasteiger partial charge in [-0.3, -0.25) is 15.0 Å². The molecule has 1 aliphatic rings. The number of nitrogens with zero attached hydrogens (tertiary/aromatic N) is 1. The Morgan fingerprint density at radius 1 is 1.14 bits per heavy atom. The van der Waals surface area contributed by atoms with E-state index < -0.39 is 5.97 Å². The topological polar surface area (TPSA) is 67.9 Å². The van der Waals surface area contributed by atoms with Gasteiger partial charge in [0.25, 0.3) is 5.91 Å². The molecule has 0 aromatic heterocycles. The molecule has 3 rings (SSSR count). The largest absolute Gasteiger partial charge is 0.493 e. The number of carbonyl (C=O) groups is 2. The molecule has 1 aliphatic heterocycles. The van der Waals surface area contributed by atoms with Gasteiger partial charge < -0.3 is 9.47 Å². The van der Waals surface area contributed by atoms with E-state index in [-0.39, 0.29) is 17.9 Å². The summed E-state index contributed by atoms with van der Waals surface area (Å²) in [6.45, 7) is 5.60. The van der Waals surface area contributed by atoms with Crippen LogP contribution in [0.1, 0.15) is 36.4 Å². The average molecular weight is 380 g/mol. The molecule has 1 amide bonds. The predicted octanol–water partition coefficient (Wildman–Crippen LogP) is 3.37. The van der Waals surface area contributed by atoms with Gasteiger partial charge in [-0.15, -0.1) is 0 Å². The van der Waals surface area contributed by atoms with Gasteiger partial charge in [0, 0.05) is 19.4 Å². The zero-order chi connectivity index (χ0) is 20.1. The Bertz CT molecular complexity index is 866. The van der Waals surface area contributed by atoms with Crippen LogP contribution in [0, 0.1) is 0 Å². The lowest BCUT2D eigenvalue weighted by molar-refractivity contribution is -0.132. The first-order chi connectivity index (χ1) is 13.5. The molecule has 2 aromatic carbocycles. The first kappa shape index (κ1) is 19.6. The third kappa shape index (κ3) is 4.23. The van der Waals surface area contributed by atoms with Crippen LogP contribution in [-0.4, -0.2) is 30.5 Å². The molecule has 1 saturated heterocycles. The van der Waals surface area contributed by atoms with Crippen molar-refractivity contribution in [2.24, 2.45) is 0 Å². The second-order valence-electron chi connectivity index (χ2n) is 6.63. The van der Waals surface area contributed by atoms with E-state index in [9.17, 15) is 9.59 Å². The van der Waals surface area contributed by atoms with Gasteiger partial charge in [-0.2, -0.15) is 0 Å². The highest BCUT2D eigenvalue weighted by Crippen LogP contribution is 2.44. The van der Waals surface area contributed by atoms with Crippen LogP contribution in [0.2, 0.25) is 0 Å². The molecule has 6 nitrogen and oxygen atoms in total. The number of ether oxygens (including phenoxy) is 2. The van der Waals surface area contributed by atoms with Crippen molar-refractivity contribution in [1.29, 1.82) is 0 Å². The van der Waals surface area contributed by atoms with Gasteiger partial charge in [-0.25, -0.2) is 5.01 Å². The van der Waals surface area contributed by atoms with Gasteiger partial charge in [0.1, 0.15) is 0 Å². The highest BCUT2D eigenvalue weighted by Gasteiger charge is 2.37. The van der Waals surface area contributed by atoms with E-state index in [0.717, 1.165) is 17.5 Å². The molecule has 0 saturated carbocycles. The number of methoxy groups -OCH3 is 1. The van der Waals surface area contributed by atoms with Crippen molar-refractivity contribution in [1.82, 2.24) is 10.4 Å². The Morgan fingerprint density at radius 2 is 1.89 bits per heavy atom. The summed E-state index contributed by atoms with van der Waals surface area (Å²) >= 11 is 0. The second-order valence-corrected chi connectivity index (χ2v) is 6.63. The highest BCUT2D eigenvalue weighted by molar-refractivity contribution is 5.86. The summed E-state index contributed by atoms with van der Waals surface area (Å²) in [5.41, 5.74) is 5.08. The minimum Gasteiger partial charge on any atom is -0.493 e. The molecular weight excluding hydrogens is 356 g/mol. The van der Waals surface area contributed by atoms with E-state index in [0.29, 0.717) is 18.0 Å². The maximum Gasteiger partial charge on any atom is 0.308 e. The number of benzene rings is 2. The van der Waals surface area contributed by atoms with Crippen LogP contribution in [0.3, 0.4) is 0 Å². The zero-order valence-electron chi connectivity index (χ0n) is 16.1. The fourth-order valence-corrected chi connectivity index (χ4v) is 3.67. The Kier molecular flexibility index (Phi) is 6.11.